The summed E-state index contributed by atoms with van der Waals surface area (Å²) in [4.78, 5) is 0. The van der Waals surface area contributed by atoms with Crippen LogP contribution in [0.1, 0.15) is 45.1 Å². The molecule has 112 valence electrons. The Morgan fingerprint density at radius 1 is 1.33 bits per heavy atom. The largest absolute Gasteiger partial charge is 0.397 e. The summed E-state index contributed by atoms with van der Waals surface area (Å²) in [6.07, 6.45) is 6.04. The molecule has 0 saturated heterocycles. The van der Waals surface area contributed by atoms with Crippen molar-refractivity contribution in [3.05, 3.63) is 23.2 Å². The van der Waals surface area contributed by atoms with Crippen molar-refractivity contribution in [2.75, 3.05) is 5.73 Å². The van der Waals surface area contributed by atoms with Crippen molar-refractivity contribution in [2.45, 2.75) is 45.1 Å². The molecule has 1 aliphatic rings. The summed E-state index contributed by atoms with van der Waals surface area (Å²) >= 11 is 6.12. The third-order valence-electron chi connectivity index (χ3n) is 4.49. The highest BCUT2D eigenvalue weighted by atomic mass is 35.5. The summed E-state index contributed by atoms with van der Waals surface area (Å²) in [7, 11) is 0. The minimum absolute atomic E-state index is 0.354. The average Bonchev–Trinajstić information content (AvgIpc) is 2.99. The summed E-state index contributed by atoms with van der Waals surface area (Å²) < 4.78 is 1.95. The van der Waals surface area contributed by atoms with Crippen LogP contribution in [-0.2, 0) is 0 Å². The van der Waals surface area contributed by atoms with Crippen LogP contribution in [0.25, 0.3) is 11.4 Å². The molecule has 3 rings (SSSR count). The predicted octanol–water partition coefficient (Wildman–Crippen LogP) is 3.72. The van der Waals surface area contributed by atoms with Crippen LogP contribution in [0.15, 0.2) is 18.2 Å². The summed E-state index contributed by atoms with van der Waals surface area (Å²) in [6, 6.07) is 5.94. The minimum Gasteiger partial charge on any atom is -0.397 e. The lowest BCUT2D eigenvalue weighted by Gasteiger charge is -2.31. The first-order valence-corrected chi connectivity index (χ1v) is 7.92. The summed E-state index contributed by atoms with van der Waals surface area (Å²) in [5.41, 5.74) is 7.45. The van der Waals surface area contributed by atoms with Crippen molar-refractivity contribution in [2.24, 2.45) is 5.92 Å². The molecule has 1 aromatic carbocycles. The van der Waals surface area contributed by atoms with E-state index in [0.29, 0.717) is 22.7 Å². The first-order valence-electron chi connectivity index (χ1n) is 7.54. The highest BCUT2D eigenvalue weighted by Gasteiger charge is 2.29. The number of rotatable bonds is 3. The van der Waals surface area contributed by atoms with Gasteiger partial charge in [-0.1, -0.05) is 43.9 Å². The van der Waals surface area contributed by atoms with Gasteiger partial charge in [0.15, 0.2) is 5.82 Å². The van der Waals surface area contributed by atoms with E-state index in [0.717, 1.165) is 24.2 Å². The van der Waals surface area contributed by atoms with Crippen LogP contribution in [0.2, 0.25) is 5.02 Å². The molecule has 0 radical (unpaired) electrons. The molecule has 1 heterocycles. The molecule has 2 atom stereocenters. The van der Waals surface area contributed by atoms with Gasteiger partial charge in [0.2, 0.25) is 0 Å². The van der Waals surface area contributed by atoms with Crippen molar-refractivity contribution in [1.29, 1.82) is 0 Å². The molecule has 1 aliphatic carbocycles. The molecule has 0 spiro atoms. The van der Waals surface area contributed by atoms with E-state index in [4.69, 9.17) is 17.3 Å². The Kier molecular flexibility index (Phi) is 4.10. The van der Waals surface area contributed by atoms with E-state index >= 15 is 0 Å². The number of aromatic nitrogens is 4. The van der Waals surface area contributed by atoms with E-state index in [1.165, 1.54) is 19.3 Å². The van der Waals surface area contributed by atoms with Gasteiger partial charge in [-0.05, 0) is 41.3 Å². The Morgan fingerprint density at radius 2 is 2.14 bits per heavy atom. The fourth-order valence-electron chi connectivity index (χ4n) is 3.31. The van der Waals surface area contributed by atoms with Gasteiger partial charge in [0.25, 0.3) is 0 Å². The second-order valence-corrected chi connectivity index (χ2v) is 6.08. The van der Waals surface area contributed by atoms with Gasteiger partial charge in [0, 0.05) is 5.56 Å². The fraction of sp³-hybridized carbons (Fsp3) is 0.533. The van der Waals surface area contributed by atoms with E-state index in [-0.39, 0.29) is 0 Å². The van der Waals surface area contributed by atoms with E-state index in [1.54, 1.807) is 6.07 Å². The maximum absolute atomic E-state index is 6.12. The zero-order valence-electron chi connectivity index (χ0n) is 12.2. The molecule has 21 heavy (non-hydrogen) atoms. The third kappa shape index (κ3) is 2.62. The molecule has 2 aromatic rings. The molecule has 0 amide bonds. The standard InChI is InChI=1S/C15H20ClN5/c1-2-10-6-3-4-9-13(10)21-15(18-19-20-21)11-7-5-8-12(16)14(11)17/h5,7-8,10,13H,2-4,6,9,17H2,1H3. The van der Waals surface area contributed by atoms with Gasteiger partial charge in [-0.3, -0.25) is 0 Å². The molecular weight excluding hydrogens is 286 g/mol. The second-order valence-electron chi connectivity index (χ2n) is 5.67. The first kappa shape index (κ1) is 14.3. The topological polar surface area (TPSA) is 69.6 Å². The van der Waals surface area contributed by atoms with Crippen LogP contribution in [-0.4, -0.2) is 20.2 Å². The van der Waals surface area contributed by atoms with Crippen molar-refractivity contribution < 1.29 is 0 Å². The van der Waals surface area contributed by atoms with Crippen LogP contribution in [0.4, 0.5) is 5.69 Å². The monoisotopic (exact) mass is 305 g/mol. The van der Waals surface area contributed by atoms with E-state index in [9.17, 15) is 0 Å². The second kappa shape index (κ2) is 6.02. The molecule has 6 heteroatoms. The van der Waals surface area contributed by atoms with Gasteiger partial charge < -0.3 is 5.73 Å². The Hall–Kier alpha value is -1.62. The lowest BCUT2D eigenvalue weighted by Crippen LogP contribution is -2.24. The van der Waals surface area contributed by atoms with Crippen LogP contribution in [0, 0.1) is 5.92 Å². The maximum atomic E-state index is 6.12. The summed E-state index contributed by atoms with van der Waals surface area (Å²) in [5.74, 6) is 1.35. The highest BCUT2D eigenvalue weighted by molar-refractivity contribution is 6.33. The van der Waals surface area contributed by atoms with Crippen molar-refractivity contribution in [3.8, 4) is 11.4 Å². The lowest BCUT2D eigenvalue weighted by atomic mass is 9.83. The summed E-state index contributed by atoms with van der Waals surface area (Å²) in [6.45, 7) is 2.24. The fourth-order valence-corrected chi connectivity index (χ4v) is 3.49. The Morgan fingerprint density at radius 3 is 2.95 bits per heavy atom. The minimum atomic E-state index is 0.354. The number of nitrogens with zero attached hydrogens (tertiary/aromatic N) is 4. The molecule has 2 N–H and O–H groups in total. The van der Waals surface area contributed by atoms with Crippen LogP contribution in [0.5, 0.6) is 0 Å². The van der Waals surface area contributed by atoms with Crippen LogP contribution >= 0.6 is 11.6 Å². The highest BCUT2D eigenvalue weighted by Crippen LogP contribution is 2.38. The molecule has 5 nitrogen and oxygen atoms in total. The normalized spacial score (nSPS) is 22.4. The van der Waals surface area contributed by atoms with Gasteiger partial charge in [-0.25, -0.2) is 4.68 Å². The van der Waals surface area contributed by atoms with E-state index in [2.05, 4.69) is 22.4 Å². The van der Waals surface area contributed by atoms with Gasteiger partial charge in [-0.2, -0.15) is 0 Å². The number of hydrogen-bond donors (Lipinski definition) is 1. The first-order chi connectivity index (χ1) is 10.2. The van der Waals surface area contributed by atoms with E-state index in [1.807, 2.05) is 16.8 Å². The average molecular weight is 306 g/mol. The number of para-hydroxylation sites is 1. The Labute approximate surface area is 129 Å². The molecule has 1 saturated carbocycles. The van der Waals surface area contributed by atoms with Crippen molar-refractivity contribution >= 4 is 17.3 Å². The number of benzene rings is 1. The summed E-state index contributed by atoms with van der Waals surface area (Å²) in [5, 5.41) is 12.9. The molecule has 0 bridgehead atoms. The van der Waals surface area contributed by atoms with Crippen LogP contribution < -0.4 is 5.73 Å². The quantitative estimate of drug-likeness (QED) is 0.877. The van der Waals surface area contributed by atoms with Gasteiger partial charge in [0.1, 0.15) is 0 Å². The van der Waals surface area contributed by atoms with Gasteiger partial charge >= 0.3 is 0 Å². The van der Waals surface area contributed by atoms with Gasteiger partial charge in [0.05, 0.1) is 16.8 Å². The third-order valence-corrected chi connectivity index (χ3v) is 4.82. The molecule has 1 aromatic heterocycles. The van der Waals surface area contributed by atoms with Crippen molar-refractivity contribution in [3.63, 3.8) is 0 Å². The predicted molar refractivity (Wildman–Crippen MR) is 84.0 cm³/mol. The maximum Gasteiger partial charge on any atom is 0.184 e. The van der Waals surface area contributed by atoms with E-state index < -0.39 is 0 Å². The zero-order valence-corrected chi connectivity index (χ0v) is 12.9. The molecule has 1 fully saturated rings. The number of anilines is 1. The Balaban J connectivity index is 2.02. The number of hydrogen-bond acceptors (Lipinski definition) is 4. The number of nitrogens with two attached hydrogens (primary N) is 1. The van der Waals surface area contributed by atoms with Crippen LogP contribution in [0.3, 0.4) is 0 Å². The Bertz CT molecular complexity index is 624. The number of halogens is 1. The molecule has 0 aliphatic heterocycles. The smallest absolute Gasteiger partial charge is 0.184 e. The lowest BCUT2D eigenvalue weighted by molar-refractivity contribution is 0.216. The number of nitrogen functional groups attached to an aromatic ring is 1. The molecular formula is C15H20ClN5. The van der Waals surface area contributed by atoms with Crippen molar-refractivity contribution in [1.82, 2.24) is 20.2 Å². The molecule has 2 unspecified atom stereocenters. The number of tetrazole rings is 1. The van der Waals surface area contributed by atoms with Gasteiger partial charge in [-0.15, -0.1) is 5.10 Å². The zero-order chi connectivity index (χ0) is 14.8. The SMILES string of the molecule is CCC1CCCCC1n1nnnc1-c1cccc(Cl)c1N.